The molecular weight excluding hydrogens is 1590 g/mol. The summed E-state index contributed by atoms with van der Waals surface area (Å²) in [5.74, 6) is -1.11. The van der Waals surface area contributed by atoms with Gasteiger partial charge >= 0.3 is 0 Å². The molecule has 0 saturated carbocycles. The number of phosphoric acid groups is 3. The number of rotatable bonds is 69. The van der Waals surface area contributed by atoms with Crippen molar-refractivity contribution in [3.8, 4) is 0 Å². The maximum atomic E-state index is 13.4. The van der Waals surface area contributed by atoms with E-state index >= 15 is 0 Å². The molecule has 674 valence electrons. The first-order chi connectivity index (χ1) is 53.7. The molecule has 11 N–H and O–H groups in total. The number of hydrogen-bond acceptors (Lipinski definition) is 38. The Hall–Kier alpha value is -0.930. The van der Waals surface area contributed by atoms with Crippen molar-refractivity contribution in [2.45, 2.75) is 237 Å². The van der Waals surface area contributed by atoms with Gasteiger partial charge in [0, 0.05) is 97.4 Å². The molecular formula is C70H137NO38P4-4. The zero-order chi connectivity index (χ0) is 84.1. The SMILES string of the molecule is CC(C)C.COCCCOCC(CO)COCCCOP(=O)([O-])OCC(COCCCOP(=O)([O-])CCCCCCCO[C@@H]1OC(CO)[C@H](O)[C@H](O)C1C)(COCCCOP(=O)([O-])OCCCCCCO[C@@H]1OC(CO)[C@H](O)[C@H](O)C1C)COCCCOP(=O)([O-])OCCCCCCO[C@@H]1OC(CO)[C@H](O)[C@H](O)C1NC(C)=O. The lowest BCUT2D eigenvalue weighted by Crippen LogP contribution is -2.64. The molecule has 3 saturated heterocycles. The fourth-order valence-electron chi connectivity index (χ4n) is 11.3. The average Bonchev–Trinajstić information content (AvgIpc) is 0.812. The predicted octanol–water partition coefficient (Wildman–Crippen LogP) is 1.21. The van der Waals surface area contributed by atoms with Gasteiger partial charge in [-0.3, -0.25) is 18.5 Å². The van der Waals surface area contributed by atoms with Gasteiger partial charge in [0.25, 0.3) is 23.5 Å². The average molecular weight is 1720 g/mol. The van der Waals surface area contributed by atoms with Crippen LogP contribution >= 0.6 is 31.1 Å². The summed E-state index contributed by atoms with van der Waals surface area (Å²) in [6, 6.07) is -1.11. The van der Waals surface area contributed by atoms with Crippen molar-refractivity contribution in [2.75, 3.05) is 178 Å². The molecule has 12 unspecified atom stereocenters. The molecule has 0 aliphatic carbocycles. The van der Waals surface area contributed by atoms with E-state index < -0.39 is 174 Å². The number of nitrogens with one attached hydrogen (secondary N) is 1. The minimum atomic E-state index is -5.13. The van der Waals surface area contributed by atoms with Crippen LogP contribution in [0.15, 0.2) is 0 Å². The number of methoxy groups -OCH3 is 1. The first-order valence-electron chi connectivity index (χ1n) is 39.5. The summed E-state index contributed by atoms with van der Waals surface area (Å²) in [6.45, 7) is 6.90. The number of carbonyl (C=O) groups excluding carboxylic acids is 1. The summed E-state index contributed by atoms with van der Waals surface area (Å²) in [7, 11) is -17.5. The van der Waals surface area contributed by atoms with Gasteiger partial charge < -0.3 is 169 Å². The molecule has 1 amide bonds. The van der Waals surface area contributed by atoms with Gasteiger partial charge in [0.05, 0.1) is 123 Å². The van der Waals surface area contributed by atoms with Crippen molar-refractivity contribution in [1.29, 1.82) is 0 Å². The van der Waals surface area contributed by atoms with E-state index in [-0.39, 0.29) is 150 Å². The quantitative estimate of drug-likeness (QED) is 0.0301. The number of amides is 1. The number of hydrogen-bond donors (Lipinski definition) is 11. The Morgan fingerprint density at radius 1 is 0.407 bits per heavy atom. The van der Waals surface area contributed by atoms with Gasteiger partial charge in [-0.05, 0) is 76.5 Å². The molecule has 0 aromatic rings. The van der Waals surface area contributed by atoms with Crippen LogP contribution in [0.1, 0.15) is 157 Å². The Kier molecular flexibility index (Phi) is 59.5. The van der Waals surface area contributed by atoms with Crippen LogP contribution in [0.4, 0.5) is 0 Å². The van der Waals surface area contributed by atoms with Gasteiger partial charge in [0.15, 0.2) is 18.9 Å². The maximum absolute atomic E-state index is 13.4. The Bertz CT molecular complexity index is 2480. The highest BCUT2D eigenvalue weighted by molar-refractivity contribution is 7.51. The lowest BCUT2D eigenvalue weighted by molar-refractivity contribution is -0.282. The molecule has 3 aliphatic rings. The summed E-state index contributed by atoms with van der Waals surface area (Å²) in [4.78, 5) is 63.5. The first kappa shape index (κ1) is 108. The van der Waals surface area contributed by atoms with Gasteiger partial charge in [-0.2, -0.15) is 0 Å². The van der Waals surface area contributed by atoms with Crippen LogP contribution in [0.2, 0.25) is 0 Å². The molecule has 0 aromatic carbocycles. The minimum Gasteiger partial charge on any atom is -0.778 e. The van der Waals surface area contributed by atoms with Crippen molar-refractivity contribution in [1.82, 2.24) is 5.32 Å². The van der Waals surface area contributed by atoms with Gasteiger partial charge in [0.1, 0.15) is 56.4 Å². The Balaban J connectivity index is 0.0000106. The second-order valence-corrected chi connectivity index (χ2v) is 35.2. The summed E-state index contributed by atoms with van der Waals surface area (Å²) in [5.41, 5.74) is -1.53. The van der Waals surface area contributed by atoms with Crippen LogP contribution < -0.4 is 24.9 Å². The van der Waals surface area contributed by atoms with Crippen molar-refractivity contribution in [3.63, 3.8) is 0 Å². The van der Waals surface area contributed by atoms with E-state index in [0.29, 0.717) is 103 Å². The first-order valence-corrected chi connectivity index (χ1v) is 45.6. The largest absolute Gasteiger partial charge is 0.778 e. The summed E-state index contributed by atoms with van der Waals surface area (Å²) in [5, 5.41) is 102. The highest BCUT2D eigenvalue weighted by Gasteiger charge is 2.46. The van der Waals surface area contributed by atoms with E-state index in [9.17, 15) is 93.7 Å². The molecule has 0 bridgehead atoms. The van der Waals surface area contributed by atoms with E-state index in [1.807, 2.05) is 0 Å². The van der Waals surface area contributed by atoms with Crippen LogP contribution in [-0.4, -0.2) is 315 Å². The van der Waals surface area contributed by atoms with E-state index in [0.717, 1.165) is 5.92 Å². The van der Waals surface area contributed by atoms with Crippen LogP contribution in [-0.2, 0) is 112 Å². The number of aliphatic hydroxyl groups is 10. The topological polar surface area (TPSA) is 567 Å². The molecule has 43 heteroatoms. The summed E-state index contributed by atoms with van der Waals surface area (Å²) >= 11 is 0. The molecule has 3 heterocycles. The molecule has 39 nitrogen and oxygen atoms in total. The molecule has 113 heavy (non-hydrogen) atoms. The standard InChI is InChI=1S/C66H131NO38P4.C4H10/c1-49-57(73)59(75)53(40-69)103-63(49)93-29-12-6-5-11-17-38-106(79,80)96-34-20-26-90-45-66(48-102-109(85,86)101-35-19-25-89-44-52(39-68)43-88-24-18-23-87-4,46-91-27-21-36-99-107(81,82)97-32-15-9-7-13-30-94-64-50(2)58(74)60(76)54(41-70)104-64)47-92-28-22-37-100-108(83,84)98-33-16-10-8-14-31-95-65-56(67-51(3)72)62(78)61(77)55(42-71)105-65;1-4(2)3/h49-50,52-65,68-71,73-78H,5-48H2,1-4H3,(H,67,72)(H,79,80)(H,81,82)(H,83,84)(H,85,86);4H,1-3H3/p-4/t49?,50?,52?,53?,54?,55?,56?,57-,58-,59+,60+,61+,62-,63-,64-,65-,66?;/m1./s1. The summed E-state index contributed by atoms with van der Waals surface area (Å²) in [6.07, 6.45) is -6.54. The van der Waals surface area contributed by atoms with Crippen molar-refractivity contribution < 1.29 is 182 Å². The van der Waals surface area contributed by atoms with Crippen LogP contribution in [0.5, 0.6) is 0 Å². The van der Waals surface area contributed by atoms with Gasteiger partial charge in [-0.1, -0.05) is 79.6 Å². The van der Waals surface area contributed by atoms with E-state index in [1.165, 1.54) is 6.92 Å². The van der Waals surface area contributed by atoms with E-state index in [2.05, 4.69) is 26.1 Å². The molecule has 21 atom stereocenters. The van der Waals surface area contributed by atoms with Crippen LogP contribution in [0.3, 0.4) is 0 Å². The Labute approximate surface area is 666 Å². The third-order valence-electron chi connectivity index (χ3n) is 17.7. The predicted molar refractivity (Wildman–Crippen MR) is 397 cm³/mol. The van der Waals surface area contributed by atoms with Gasteiger partial charge in [-0.15, -0.1) is 0 Å². The number of phosphoric ester groups is 3. The monoisotopic (exact) mass is 1720 g/mol. The van der Waals surface area contributed by atoms with Crippen molar-refractivity contribution in [3.05, 3.63) is 0 Å². The normalized spacial score (nSPS) is 27.2. The molecule has 0 radical (unpaired) electrons. The smallest absolute Gasteiger partial charge is 0.267 e. The third kappa shape index (κ3) is 49.1. The Morgan fingerprint density at radius 3 is 1.11 bits per heavy atom. The fraction of sp³-hybridized carbons (Fsp3) is 0.986. The van der Waals surface area contributed by atoms with E-state index in [1.54, 1.807) is 21.0 Å². The number of aliphatic hydroxyl groups excluding tert-OH is 10. The highest BCUT2D eigenvalue weighted by Crippen LogP contribution is 2.43. The zero-order valence-corrected chi connectivity index (χ0v) is 70.7. The minimum absolute atomic E-state index is 0.0309. The second kappa shape index (κ2) is 62.2. The second-order valence-electron chi connectivity index (χ2n) is 29.1. The number of carbonyl (C=O) groups is 1. The number of unbranched alkanes of at least 4 members (excludes halogenated alkanes) is 10. The third-order valence-corrected chi connectivity index (χ3v) is 22.1. The summed E-state index contributed by atoms with van der Waals surface area (Å²) < 4.78 is 156. The molecule has 0 aromatic heterocycles. The molecule has 3 rings (SSSR count). The van der Waals surface area contributed by atoms with Gasteiger partial charge in [-0.25, -0.2) is 0 Å². The maximum Gasteiger partial charge on any atom is 0.267 e. The molecule has 3 aliphatic heterocycles. The lowest BCUT2D eigenvalue weighted by atomic mass is 9.92. The van der Waals surface area contributed by atoms with Crippen molar-refractivity contribution >= 4 is 37.0 Å². The zero-order valence-electron chi connectivity index (χ0n) is 67.1. The van der Waals surface area contributed by atoms with E-state index in [4.69, 9.17) is 88.5 Å². The Morgan fingerprint density at radius 2 is 0.726 bits per heavy atom. The van der Waals surface area contributed by atoms with Crippen LogP contribution in [0.25, 0.3) is 0 Å². The van der Waals surface area contributed by atoms with Crippen molar-refractivity contribution in [2.24, 2.45) is 29.1 Å². The molecule has 0 spiro atoms. The van der Waals surface area contributed by atoms with Crippen LogP contribution in [0, 0.1) is 29.1 Å². The lowest BCUT2D eigenvalue weighted by Gasteiger charge is -2.42. The highest BCUT2D eigenvalue weighted by atomic mass is 31.2. The molecule has 3 fully saturated rings. The number of ether oxygens (including phenoxy) is 12. The fourth-order valence-corrected chi connectivity index (χ4v) is 14.8. The van der Waals surface area contributed by atoms with Gasteiger partial charge in [0.2, 0.25) is 5.91 Å².